The van der Waals surface area contributed by atoms with Gasteiger partial charge in [0.05, 0.1) is 11.5 Å². The molecule has 0 aromatic carbocycles. The van der Waals surface area contributed by atoms with Gasteiger partial charge in [0.2, 0.25) is 0 Å². The van der Waals surface area contributed by atoms with Gasteiger partial charge < -0.3 is 9.47 Å². The maximum Gasteiger partial charge on any atom is 0.404 e. The standard InChI is InChI=1S/C6H6Cl2O6S/c7-5(9)13-3-1-15(11,12)2-4(3)14-6(8)10/h3-4H,1-2H2/t3-,4+. The van der Waals surface area contributed by atoms with Gasteiger partial charge in [-0.05, 0) is 0 Å². The van der Waals surface area contributed by atoms with E-state index < -0.39 is 44.4 Å². The van der Waals surface area contributed by atoms with E-state index in [0.717, 1.165) is 0 Å². The summed E-state index contributed by atoms with van der Waals surface area (Å²) in [5.74, 6) is -0.861. The van der Waals surface area contributed by atoms with E-state index in [1.807, 2.05) is 0 Å². The molecule has 1 heterocycles. The van der Waals surface area contributed by atoms with E-state index in [2.05, 4.69) is 9.47 Å². The van der Waals surface area contributed by atoms with Crippen LogP contribution in [-0.4, -0.2) is 43.0 Å². The first-order valence-corrected chi connectivity index (χ1v) is 6.30. The summed E-state index contributed by atoms with van der Waals surface area (Å²) in [5.41, 5.74) is -2.32. The molecule has 6 nitrogen and oxygen atoms in total. The number of rotatable bonds is 2. The second-order valence-corrected chi connectivity index (χ2v) is 5.64. The highest BCUT2D eigenvalue weighted by Crippen LogP contribution is 2.20. The zero-order valence-electron chi connectivity index (χ0n) is 7.18. The summed E-state index contributed by atoms with van der Waals surface area (Å²) >= 11 is 9.85. The average Bonchev–Trinajstić information content (AvgIpc) is 2.22. The van der Waals surface area contributed by atoms with Crippen molar-refractivity contribution in [3.8, 4) is 0 Å². The molecule has 1 fully saturated rings. The third kappa shape index (κ3) is 3.84. The fourth-order valence-corrected chi connectivity index (χ4v) is 3.17. The van der Waals surface area contributed by atoms with E-state index in [4.69, 9.17) is 23.2 Å². The van der Waals surface area contributed by atoms with Gasteiger partial charge in [-0.2, -0.15) is 0 Å². The van der Waals surface area contributed by atoms with Crippen LogP contribution in [-0.2, 0) is 19.3 Å². The van der Waals surface area contributed by atoms with E-state index in [1.54, 1.807) is 0 Å². The van der Waals surface area contributed by atoms with Gasteiger partial charge >= 0.3 is 10.9 Å². The largest absolute Gasteiger partial charge is 0.445 e. The molecule has 9 heteroatoms. The Morgan fingerprint density at radius 3 is 1.60 bits per heavy atom. The molecule has 0 unspecified atom stereocenters. The molecule has 15 heavy (non-hydrogen) atoms. The molecular formula is C6H6Cl2O6S. The lowest BCUT2D eigenvalue weighted by molar-refractivity contribution is 0.0365. The smallest absolute Gasteiger partial charge is 0.404 e. The van der Waals surface area contributed by atoms with E-state index in [-0.39, 0.29) is 0 Å². The number of carbonyl (C=O) groups excluding carboxylic acids is 2. The maximum absolute atomic E-state index is 11.1. The third-order valence-corrected chi connectivity index (χ3v) is 3.59. The highest BCUT2D eigenvalue weighted by Gasteiger charge is 2.42. The Morgan fingerprint density at radius 2 is 1.33 bits per heavy atom. The van der Waals surface area contributed by atoms with Crippen molar-refractivity contribution >= 4 is 43.9 Å². The molecular weight excluding hydrogens is 271 g/mol. The van der Waals surface area contributed by atoms with Crippen molar-refractivity contribution in [2.45, 2.75) is 12.2 Å². The number of hydrogen-bond acceptors (Lipinski definition) is 6. The molecule has 0 bridgehead atoms. The number of sulfone groups is 1. The normalized spacial score (nSPS) is 28.4. The zero-order valence-corrected chi connectivity index (χ0v) is 9.51. The predicted molar refractivity (Wildman–Crippen MR) is 50.9 cm³/mol. The maximum atomic E-state index is 11.1. The molecule has 0 saturated carbocycles. The van der Waals surface area contributed by atoms with E-state index in [1.165, 1.54) is 0 Å². The summed E-state index contributed by atoms with van der Waals surface area (Å²) < 4.78 is 31.2. The Hall–Kier alpha value is -0.530. The molecule has 2 atom stereocenters. The molecule has 86 valence electrons. The lowest BCUT2D eigenvalue weighted by Crippen LogP contribution is -2.31. The van der Waals surface area contributed by atoms with E-state index in [0.29, 0.717) is 0 Å². The van der Waals surface area contributed by atoms with Crippen LogP contribution in [0, 0.1) is 0 Å². The van der Waals surface area contributed by atoms with Crippen LogP contribution < -0.4 is 0 Å². The molecule has 1 aliphatic heterocycles. The van der Waals surface area contributed by atoms with Gasteiger partial charge in [0, 0.05) is 23.2 Å². The topological polar surface area (TPSA) is 86.7 Å². The first kappa shape index (κ1) is 12.5. The van der Waals surface area contributed by atoms with Gasteiger partial charge in [-0.25, -0.2) is 18.0 Å². The van der Waals surface area contributed by atoms with Crippen LogP contribution in [0.4, 0.5) is 9.59 Å². The Labute approximate surface area is 95.3 Å². The fraction of sp³-hybridized carbons (Fsp3) is 0.667. The number of halogens is 2. The number of ether oxygens (including phenoxy) is 2. The lowest BCUT2D eigenvalue weighted by Gasteiger charge is -2.15. The number of carbonyl (C=O) groups is 2. The molecule has 0 aromatic rings. The lowest BCUT2D eigenvalue weighted by atomic mass is 10.2. The van der Waals surface area contributed by atoms with Gasteiger partial charge in [0.1, 0.15) is 0 Å². The minimum Gasteiger partial charge on any atom is -0.445 e. The van der Waals surface area contributed by atoms with Gasteiger partial charge in [-0.3, -0.25) is 0 Å². The van der Waals surface area contributed by atoms with Crippen LogP contribution in [0.15, 0.2) is 0 Å². The Kier molecular flexibility index (Phi) is 3.80. The Morgan fingerprint density at radius 1 is 1.00 bits per heavy atom. The monoisotopic (exact) mass is 276 g/mol. The first-order chi connectivity index (χ1) is 6.80. The molecule has 0 spiro atoms. The molecule has 0 radical (unpaired) electrons. The highest BCUT2D eigenvalue weighted by molar-refractivity contribution is 7.91. The van der Waals surface area contributed by atoms with Gasteiger partial charge in [0.15, 0.2) is 22.0 Å². The summed E-state index contributed by atoms with van der Waals surface area (Å²) in [6, 6.07) is 0. The van der Waals surface area contributed by atoms with Crippen molar-refractivity contribution in [2.75, 3.05) is 11.5 Å². The summed E-state index contributed by atoms with van der Waals surface area (Å²) in [5, 5.41) is 0. The molecule has 1 rings (SSSR count). The van der Waals surface area contributed by atoms with Gasteiger partial charge in [-0.1, -0.05) is 0 Å². The summed E-state index contributed by atoms with van der Waals surface area (Å²) in [6.45, 7) is 0. The highest BCUT2D eigenvalue weighted by atomic mass is 35.5. The zero-order chi connectivity index (χ0) is 11.6. The van der Waals surface area contributed by atoms with Crippen molar-refractivity contribution < 1.29 is 27.5 Å². The molecule has 0 aliphatic carbocycles. The van der Waals surface area contributed by atoms with Crippen molar-refractivity contribution in [3.63, 3.8) is 0 Å². The summed E-state index contributed by atoms with van der Waals surface area (Å²) in [6.07, 6.45) is -2.19. The molecule has 0 aromatic heterocycles. The summed E-state index contributed by atoms with van der Waals surface area (Å²) in [4.78, 5) is 20.8. The van der Waals surface area contributed by atoms with Crippen LogP contribution >= 0.6 is 23.2 Å². The van der Waals surface area contributed by atoms with Crippen LogP contribution in [0.2, 0.25) is 0 Å². The fourth-order valence-electron chi connectivity index (χ4n) is 1.24. The minimum absolute atomic E-state index is 0.430. The van der Waals surface area contributed by atoms with Crippen molar-refractivity contribution in [1.29, 1.82) is 0 Å². The molecule has 1 aliphatic rings. The average molecular weight is 277 g/mol. The van der Waals surface area contributed by atoms with Crippen molar-refractivity contribution in [1.82, 2.24) is 0 Å². The molecule has 0 amide bonds. The quantitative estimate of drug-likeness (QED) is 0.697. The minimum atomic E-state index is -3.41. The third-order valence-electron chi connectivity index (χ3n) is 1.74. The van der Waals surface area contributed by atoms with Crippen LogP contribution in [0.5, 0.6) is 0 Å². The molecule has 1 saturated heterocycles. The van der Waals surface area contributed by atoms with Crippen molar-refractivity contribution in [2.24, 2.45) is 0 Å². The Balaban J connectivity index is 2.74. The van der Waals surface area contributed by atoms with Gasteiger partial charge in [-0.15, -0.1) is 0 Å². The van der Waals surface area contributed by atoms with Crippen molar-refractivity contribution in [3.05, 3.63) is 0 Å². The predicted octanol–water partition coefficient (Wildman–Crippen LogP) is 0.903. The second-order valence-electron chi connectivity index (χ2n) is 2.86. The summed E-state index contributed by atoms with van der Waals surface area (Å²) in [7, 11) is -3.41. The van der Waals surface area contributed by atoms with E-state index >= 15 is 0 Å². The number of hydrogen-bond donors (Lipinski definition) is 0. The van der Waals surface area contributed by atoms with Crippen LogP contribution in [0.25, 0.3) is 0 Å². The Bertz CT molecular complexity index is 347. The second kappa shape index (κ2) is 4.54. The van der Waals surface area contributed by atoms with E-state index in [9.17, 15) is 18.0 Å². The van der Waals surface area contributed by atoms with Gasteiger partial charge in [0.25, 0.3) is 0 Å². The first-order valence-electron chi connectivity index (χ1n) is 3.73. The SMILES string of the molecule is O=C(Cl)O[C@H]1CS(=O)(=O)C[C@H]1OC(=O)Cl. The van der Waals surface area contributed by atoms with Crippen LogP contribution in [0.1, 0.15) is 0 Å². The molecule has 0 N–H and O–H groups in total. The van der Waals surface area contributed by atoms with Crippen LogP contribution in [0.3, 0.4) is 0 Å².